The van der Waals surface area contributed by atoms with Gasteiger partial charge in [-0.05, 0) is 27.7 Å². The average Bonchev–Trinajstić information content (AvgIpc) is 1.85. The molecule has 0 heterocycles. The van der Waals surface area contributed by atoms with Crippen molar-refractivity contribution in [2.75, 3.05) is 0 Å². The van der Waals surface area contributed by atoms with Crippen LogP contribution in [0.3, 0.4) is 0 Å². The lowest BCUT2D eigenvalue weighted by Gasteiger charge is -2.21. The number of aliphatic hydroxyl groups is 2. The first-order chi connectivity index (χ1) is 5.25. The second-order valence-electron chi connectivity index (χ2n) is 3.79. The van der Waals surface area contributed by atoms with Gasteiger partial charge in [-0.25, -0.2) is 0 Å². The molecule has 0 spiro atoms. The number of hydrogen-bond donors (Lipinski definition) is 2. The second-order valence-corrected chi connectivity index (χ2v) is 3.79. The zero-order chi connectivity index (χ0) is 9.94. The van der Waals surface area contributed by atoms with Crippen molar-refractivity contribution in [3.8, 4) is 0 Å². The fourth-order valence-electron chi connectivity index (χ4n) is 0.385. The van der Waals surface area contributed by atoms with Gasteiger partial charge in [-0.15, -0.1) is 0 Å². The van der Waals surface area contributed by atoms with Crippen LogP contribution in [-0.2, 0) is 9.53 Å². The monoisotopic (exact) mass is 176 g/mol. The van der Waals surface area contributed by atoms with Gasteiger partial charge in [-0.3, -0.25) is 4.79 Å². The molecule has 0 radical (unpaired) electrons. The molecule has 2 unspecified atom stereocenters. The van der Waals surface area contributed by atoms with Gasteiger partial charge < -0.3 is 14.9 Å². The summed E-state index contributed by atoms with van der Waals surface area (Å²) in [6, 6.07) is 0. The largest absolute Gasteiger partial charge is 0.433 e. The van der Waals surface area contributed by atoms with Crippen LogP contribution in [0.4, 0.5) is 0 Å². The lowest BCUT2D eigenvalue weighted by molar-refractivity contribution is -0.193. The molecule has 0 bridgehead atoms. The maximum atomic E-state index is 11.1. The molecule has 4 nitrogen and oxygen atoms in total. The second kappa shape index (κ2) is 3.87. The Bertz CT molecular complexity index is 157. The molecule has 0 fully saturated rings. The Morgan fingerprint density at radius 1 is 1.33 bits per heavy atom. The molecule has 2 atom stereocenters. The van der Waals surface area contributed by atoms with Gasteiger partial charge in [-0.1, -0.05) is 0 Å². The van der Waals surface area contributed by atoms with E-state index < -0.39 is 23.8 Å². The smallest absolute Gasteiger partial charge is 0.313 e. The van der Waals surface area contributed by atoms with Crippen molar-refractivity contribution in [2.45, 2.75) is 40.1 Å². The van der Waals surface area contributed by atoms with Gasteiger partial charge in [-0.2, -0.15) is 0 Å². The van der Waals surface area contributed by atoms with E-state index in [1.54, 1.807) is 20.8 Å². The molecule has 0 aliphatic rings. The summed E-state index contributed by atoms with van der Waals surface area (Å²) in [6.45, 7) is 6.36. The summed E-state index contributed by atoms with van der Waals surface area (Å²) in [7, 11) is 0. The summed E-state index contributed by atoms with van der Waals surface area (Å²) in [4.78, 5) is 11.1. The van der Waals surface area contributed by atoms with Crippen LogP contribution in [0.5, 0.6) is 0 Å². The number of carbonyl (C=O) groups excluding carboxylic acids is 1. The normalized spacial score (nSPS) is 16.8. The van der Waals surface area contributed by atoms with Crippen molar-refractivity contribution in [3.63, 3.8) is 0 Å². The Hall–Kier alpha value is -0.610. The molecule has 2 N–H and O–H groups in total. The highest BCUT2D eigenvalue weighted by Gasteiger charge is 2.26. The first kappa shape index (κ1) is 11.4. The third kappa shape index (κ3) is 3.69. The molecule has 12 heavy (non-hydrogen) atoms. The van der Waals surface area contributed by atoms with Gasteiger partial charge in [0.25, 0.3) is 0 Å². The molecular weight excluding hydrogens is 160 g/mol. The van der Waals surface area contributed by atoms with Crippen LogP contribution in [-0.4, -0.2) is 28.6 Å². The van der Waals surface area contributed by atoms with Crippen molar-refractivity contribution < 1.29 is 19.7 Å². The van der Waals surface area contributed by atoms with Gasteiger partial charge in [0.05, 0.1) is 5.41 Å². The molecule has 0 amide bonds. The number of rotatable bonds is 2. The third-order valence-electron chi connectivity index (χ3n) is 1.25. The van der Waals surface area contributed by atoms with E-state index in [0.717, 1.165) is 0 Å². The molecule has 0 aromatic carbocycles. The lowest BCUT2D eigenvalue weighted by Crippen LogP contribution is -2.33. The van der Waals surface area contributed by atoms with Crippen LogP contribution in [0, 0.1) is 5.41 Å². The number of esters is 1. The van der Waals surface area contributed by atoms with E-state index in [1.165, 1.54) is 6.92 Å². The lowest BCUT2D eigenvalue weighted by atomic mass is 9.97. The van der Waals surface area contributed by atoms with Gasteiger partial charge in [0, 0.05) is 0 Å². The Balaban J connectivity index is 4.02. The molecule has 0 saturated carbocycles. The summed E-state index contributed by atoms with van der Waals surface area (Å²) in [6.07, 6.45) is -2.49. The van der Waals surface area contributed by atoms with Crippen molar-refractivity contribution in [1.29, 1.82) is 0 Å². The van der Waals surface area contributed by atoms with Gasteiger partial charge in [0.2, 0.25) is 6.29 Å². The molecule has 0 rings (SSSR count). The average molecular weight is 176 g/mol. The summed E-state index contributed by atoms with van der Waals surface area (Å²) >= 11 is 0. The molecular formula is C8H16O4. The van der Waals surface area contributed by atoms with E-state index in [-0.39, 0.29) is 0 Å². The van der Waals surface area contributed by atoms with E-state index >= 15 is 0 Å². The van der Waals surface area contributed by atoms with E-state index in [0.29, 0.717) is 0 Å². The molecule has 72 valence electrons. The van der Waals surface area contributed by atoms with Gasteiger partial charge >= 0.3 is 5.97 Å². The minimum Gasteiger partial charge on any atom is -0.433 e. The topological polar surface area (TPSA) is 66.8 Å². The Labute approximate surface area is 72.2 Å². The van der Waals surface area contributed by atoms with E-state index in [1.807, 2.05) is 0 Å². The first-order valence-corrected chi connectivity index (χ1v) is 3.82. The van der Waals surface area contributed by atoms with Crippen molar-refractivity contribution >= 4 is 5.97 Å². The summed E-state index contributed by atoms with van der Waals surface area (Å²) in [5.74, 6) is -0.532. The highest BCUT2D eigenvalue weighted by Crippen LogP contribution is 2.16. The van der Waals surface area contributed by atoms with Crippen LogP contribution in [0.2, 0.25) is 0 Å². The number of aliphatic hydroxyl groups excluding tert-OH is 2. The zero-order valence-electron chi connectivity index (χ0n) is 7.87. The van der Waals surface area contributed by atoms with E-state index in [4.69, 9.17) is 10.2 Å². The maximum Gasteiger partial charge on any atom is 0.313 e. The molecule has 0 aliphatic heterocycles. The highest BCUT2D eigenvalue weighted by atomic mass is 16.6. The quantitative estimate of drug-likeness (QED) is 0.468. The first-order valence-electron chi connectivity index (χ1n) is 3.82. The van der Waals surface area contributed by atoms with Gasteiger partial charge in [0.1, 0.15) is 6.10 Å². The van der Waals surface area contributed by atoms with Crippen LogP contribution >= 0.6 is 0 Å². The number of hydrogen-bond acceptors (Lipinski definition) is 4. The predicted molar refractivity (Wildman–Crippen MR) is 43.2 cm³/mol. The molecule has 0 saturated heterocycles. The van der Waals surface area contributed by atoms with E-state index in [2.05, 4.69) is 4.74 Å². The predicted octanol–water partition coefficient (Wildman–Crippen LogP) is 0.275. The molecule has 0 aromatic rings. The number of carbonyl (C=O) groups is 1. The Kier molecular flexibility index (Phi) is 3.67. The Morgan fingerprint density at radius 3 is 2.00 bits per heavy atom. The third-order valence-corrected chi connectivity index (χ3v) is 1.25. The fourth-order valence-corrected chi connectivity index (χ4v) is 0.385. The SMILES string of the molecule is CC(O)C(O)OC(=O)C(C)(C)C. The molecule has 4 heteroatoms. The molecule has 0 aromatic heterocycles. The summed E-state index contributed by atoms with van der Waals surface area (Å²) in [5, 5.41) is 17.8. The van der Waals surface area contributed by atoms with Crippen LogP contribution in [0.15, 0.2) is 0 Å². The van der Waals surface area contributed by atoms with Crippen LogP contribution in [0.25, 0.3) is 0 Å². The summed E-state index contributed by atoms with van der Waals surface area (Å²) in [5.41, 5.74) is -0.657. The van der Waals surface area contributed by atoms with Crippen LogP contribution < -0.4 is 0 Å². The minimum absolute atomic E-state index is 0.532. The van der Waals surface area contributed by atoms with Crippen molar-refractivity contribution in [2.24, 2.45) is 5.41 Å². The standard InChI is InChI=1S/C8H16O4/c1-5(9)6(10)12-7(11)8(2,3)4/h5-6,9-10H,1-4H3. The maximum absolute atomic E-state index is 11.1. The van der Waals surface area contributed by atoms with Crippen molar-refractivity contribution in [3.05, 3.63) is 0 Å². The number of ether oxygens (including phenoxy) is 1. The van der Waals surface area contributed by atoms with Gasteiger partial charge in [0.15, 0.2) is 0 Å². The zero-order valence-corrected chi connectivity index (χ0v) is 7.87. The fraction of sp³-hybridized carbons (Fsp3) is 0.875. The Morgan fingerprint density at radius 2 is 1.75 bits per heavy atom. The highest BCUT2D eigenvalue weighted by molar-refractivity contribution is 5.75. The summed E-state index contributed by atoms with van der Waals surface area (Å²) < 4.78 is 4.54. The minimum atomic E-state index is -1.43. The van der Waals surface area contributed by atoms with Crippen molar-refractivity contribution in [1.82, 2.24) is 0 Å². The van der Waals surface area contributed by atoms with Crippen LogP contribution in [0.1, 0.15) is 27.7 Å². The van der Waals surface area contributed by atoms with E-state index in [9.17, 15) is 4.79 Å². The molecule has 0 aliphatic carbocycles.